The predicted octanol–water partition coefficient (Wildman–Crippen LogP) is 2.39. The topological polar surface area (TPSA) is 62.5 Å². The molecular weight excluding hydrogens is 304 g/mol. The van der Waals surface area contributed by atoms with E-state index in [-0.39, 0.29) is 11.9 Å². The van der Waals surface area contributed by atoms with Crippen molar-refractivity contribution in [1.82, 2.24) is 19.9 Å². The highest BCUT2D eigenvalue weighted by Crippen LogP contribution is 2.18. The maximum absolute atomic E-state index is 12.6. The van der Waals surface area contributed by atoms with Gasteiger partial charge in [0, 0.05) is 39.0 Å². The zero-order chi connectivity index (χ0) is 16.9. The van der Waals surface area contributed by atoms with Crippen LogP contribution in [0.3, 0.4) is 0 Å². The smallest absolute Gasteiger partial charge is 0.224 e. The Morgan fingerprint density at radius 3 is 2.71 bits per heavy atom. The van der Waals surface area contributed by atoms with Gasteiger partial charge in [-0.05, 0) is 12.0 Å². The molecule has 0 bridgehead atoms. The molecule has 1 fully saturated rings. The number of rotatable bonds is 5. The van der Waals surface area contributed by atoms with Crippen molar-refractivity contribution in [2.24, 2.45) is 0 Å². The highest BCUT2D eigenvalue weighted by atomic mass is 16.5. The summed E-state index contributed by atoms with van der Waals surface area (Å²) in [6.45, 7) is 6.79. The lowest BCUT2D eigenvalue weighted by molar-refractivity contribution is -0.133. The van der Waals surface area contributed by atoms with Gasteiger partial charge in [0.1, 0.15) is 0 Å². The van der Waals surface area contributed by atoms with E-state index in [1.165, 1.54) is 5.56 Å². The van der Waals surface area contributed by atoms with Gasteiger partial charge in [-0.2, -0.15) is 4.98 Å². The van der Waals surface area contributed by atoms with Gasteiger partial charge in [-0.1, -0.05) is 42.4 Å². The summed E-state index contributed by atoms with van der Waals surface area (Å²) in [5.41, 5.74) is 1.17. The quantitative estimate of drug-likeness (QED) is 0.843. The average Bonchev–Trinajstić information content (AvgIpc) is 2.94. The normalized spacial score (nSPS) is 19.5. The van der Waals surface area contributed by atoms with Gasteiger partial charge in [0.2, 0.25) is 11.8 Å². The number of benzene rings is 1. The summed E-state index contributed by atoms with van der Waals surface area (Å²) in [6.07, 6.45) is 1.46. The minimum Gasteiger partial charge on any atom is -0.340 e. The second kappa shape index (κ2) is 7.57. The average molecular weight is 328 g/mol. The fourth-order valence-electron chi connectivity index (χ4n) is 3.18. The molecule has 3 rings (SSSR count). The third kappa shape index (κ3) is 4.00. The van der Waals surface area contributed by atoms with Gasteiger partial charge in [-0.15, -0.1) is 0 Å². The first-order valence-electron chi connectivity index (χ1n) is 8.50. The summed E-state index contributed by atoms with van der Waals surface area (Å²) in [4.78, 5) is 21.2. The summed E-state index contributed by atoms with van der Waals surface area (Å²) in [5.74, 6) is 1.48. The van der Waals surface area contributed by atoms with Crippen LogP contribution < -0.4 is 0 Å². The van der Waals surface area contributed by atoms with Crippen molar-refractivity contribution in [2.75, 3.05) is 13.1 Å². The number of carbonyl (C=O) groups is 1. The van der Waals surface area contributed by atoms with Gasteiger partial charge in [-0.3, -0.25) is 9.69 Å². The maximum atomic E-state index is 12.6. The molecule has 6 nitrogen and oxygen atoms in total. The molecule has 0 saturated carbocycles. The first-order valence-corrected chi connectivity index (χ1v) is 8.50. The maximum Gasteiger partial charge on any atom is 0.224 e. The van der Waals surface area contributed by atoms with E-state index >= 15 is 0 Å². The monoisotopic (exact) mass is 328 g/mol. The molecule has 1 aliphatic rings. The molecule has 1 saturated heterocycles. The van der Waals surface area contributed by atoms with Crippen LogP contribution in [0.15, 0.2) is 34.9 Å². The van der Waals surface area contributed by atoms with Crippen molar-refractivity contribution in [3.63, 3.8) is 0 Å². The van der Waals surface area contributed by atoms with E-state index in [4.69, 9.17) is 4.52 Å². The van der Waals surface area contributed by atoms with E-state index in [0.717, 1.165) is 19.5 Å². The minimum atomic E-state index is 0.202. The number of hydrogen-bond donors (Lipinski definition) is 0. The highest BCUT2D eigenvalue weighted by Gasteiger charge is 2.29. The fourth-order valence-corrected chi connectivity index (χ4v) is 3.18. The number of amides is 1. The summed E-state index contributed by atoms with van der Waals surface area (Å²) < 4.78 is 5.05. The molecule has 0 radical (unpaired) electrons. The van der Waals surface area contributed by atoms with Crippen LogP contribution in [-0.2, 0) is 17.9 Å². The van der Waals surface area contributed by atoms with E-state index in [2.05, 4.69) is 34.1 Å². The second-order valence-electron chi connectivity index (χ2n) is 6.28. The van der Waals surface area contributed by atoms with Crippen molar-refractivity contribution in [3.05, 3.63) is 47.6 Å². The van der Waals surface area contributed by atoms with E-state index in [1.54, 1.807) is 6.92 Å². The molecule has 0 spiro atoms. The van der Waals surface area contributed by atoms with Crippen LogP contribution >= 0.6 is 0 Å². The number of nitrogens with zero attached hydrogens (tertiary/aromatic N) is 4. The van der Waals surface area contributed by atoms with Crippen LogP contribution in [0.25, 0.3) is 0 Å². The Labute approximate surface area is 142 Å². The first kappa shape index (κ1) is 16.6. The van der Waals surface area contributed by atoms with Gasteiger partial charge in [0.15, 0.2) is 5.82 Å². The van der Waals surface area contributed by atoms with E-state index in [1.807, 2.05) is 23.1 Å². The molecule has 1 unspecified atom stereocenters. The summed E-state index contributed by atoms with van der Waals surface area (Å²) >= 11 is 0. The Morgan fingerprint density at radius 1 is 1.25 bits per heavy atom. The van der Waals surface area contributed by atoms with Gasteiger partial charge in [-0.25, -0.2) is 0 Å². The molecule has 2 heterocycles. The number of hydrogen-bond acceptors (Lipinski definition) is 5. The molecule has 6 heteroatoms. The van der Waals surface area contributed by atoms with Crippen molar-refractivity contribution >= 4 is 5.91 Å². The number of aryl methyl sites for hydroxylation is 1. The van der Waals surface area contributed by atoms with Gasteiger partial charge >= 0.3 is 0 Å². The molecule has 24 heavy (non-hydrogen) atoms. The standard InChI is InChI=1S/C18H24N4O2/c1-3-16-12-21(13-17-19-14(2)24-20-17)10-9-18(23)22(16)11-15-7-5-4-6-8-15/h4-8,16H,3,9-13H2,1-2H3. The van der Waals surface area contributed by atoms with Crippen molar-refractivity contribution in [2.45, 2.75) is 45.8 Å². The third-order valence-electron chi connectivity index (χ3n) is 4.47. The van der Waals surface area contributed by atoms with Crippen LogP contribution in [-0.4, -0.2) is 45.0 Å². The summed E-state index contributed by atoms with van der Waals surface area (Å²) in [7, 11) is 0. The minimum absolute atomic E-state index is 0.202. The molecule has 1 aromatic carbocycles. The molecule has 128 valence electrons. The molecule has 2 aromatic rings. The molecule has 0 aliphatic carbocycles. The van der Waals surface area contributed by atoms with Crippen LogP contribution in [0, 0.1) is 6.92 Å². The SMILES string of the molecule is CCC1CN(Cc2noc(C)n2)CCC(=O)N1Cc1ccccc1. The van der Waals surface area contributed by atoms with Gasteiger partial charge < -0.3 is 9.42 Å². The zero-order valence-corrected chi connectivity index (χ0v) is 14.3. The summed E-state index contributed by atoms with van der Waals surface area (Å²) in [6, 6.07) is 10.4. The van der Waals surface area contributed by atoms with Crippen molar-refractivity contribution < 1.29 is 9.32 Å². The van der Waals surface area contributed by atoms with Crippen LogP contribution in [0.4, 0.5) is 0 Å². The van der Waals surface area contributed by atoms with Crippen molar-refractivity contribution in [1.29, 1.82) is 0 Å². The van der Waals surface area contributed by atoms with Gasteiger partial charge in [0.05, 0.1) is 6.54 Å². The number of carbonyl (C=O) groups excluding carboxylic acids is 1. The number of aromatic nitrogens is 2. The first-order chi connectivity index (χ1) is 11.7. The van der Waals surface area contributed by atoms with Gasteiger partial charge in [0.25, 0.3) is 0 Å². The Kier molecular flexibility index (Phi) is 5.25. The van der Waals surface area contributed by atoms with Crippen LogP contribution in [0.2, 0.25) is 0 Å². The summed E-state index contributed by atoms with van der Waals surface area (Å²) in [5, 5.41) is 3.97. The predicted molar refractivity (Wildman–Crippen MR) is 90.0 cm³/mol. The molecule has 1 aliphatic heterocycles. The molecule has 1 aromatic heterocycles. The highest BCUT2D eigenvalue weighted by molar-refractivity contribution is 5.77. The Hall–Kier alpha value is -2.21. The van der Waals surface area contributed by atoms with Crippen LogP contribution in [0.1, 0.15) is 37.0 Å². The lowest BCUT2D eigenvalue weighted by atomic mass is 10.1. The fraction of sp³-hybridized carbons (Fsp3) is 0.500. The van der Waals surface area contributed by atoms with Crippen molar-refractivity contribution in [3.8, 4) is 0 Å². The third-order valence-corrected chi connectivity index (χ3v) is 4.47. The Bertz CT molecular complexity index is 671. The lowest BCUT2D eigenvalue weighted by Gasteiger charge is -2.31. The largest absolute Gasteiger partial charge is 0.340 e. The Morgan fingerprint density at radius 2 is 2.04 bits per heavy atom. The molecule has 1 atom stereocenters. The van der Waals surface area contributed by atoms with Crippen LogP contribution in [0.5, 0.6) is 0 Å². The van der Waals surface area contributed by atoms with E-state index < -0.39 is 0 Å². The van der Waals surface area contributed by atoms with E-state index in [9.17, 15) is 4.79 Å². The molecular formula is C18H24N4O2. The molecule has 0 N–H and O–H groups in total. The molecule has 1 amide bonds. The lowest BCUT2D eigenvalue weighted by Crippen LogP contribution is -2.42. The second-order valence-corrected chi connectivity index (χ2v) is 6.28. The zero-order valence-electron chi connectivity index (χ0n) is 14.3. The Balaban J connectivity index is 1.71. The van der Waals surface area contributed by atoms with E-state index in [0.29, 0.717) is 31.2 Å².